The highest BCUT2D eigenvalue weighted by atomic mass is 35.5. The van der Waals surface area contributed by atoms with Gasteiger partial charge in [0, 0.05) is 16.3 Å². The number of furan rings is 1. The van der Waals surface area contributed by atoms with Gasteiger partial charge in [-0.3, -0.25) is 19.3 Å². The molecule has 3 aromatic rings. The summed E-state index contributed by atoms with van der Waals surface area (Å²) in [4.78, 5) is 43.3. The van der Waals surface area contributed by atoms with Crippen molar-refractivity contribution in [2.45, 2.75) is 13.5 Å². The predicted octanol–water partition coefficient (Wildman–Crippen LogP) is 3.72. The molecule has 0 radical (unpaired) electrons. The number of benzene rings is 2. The number of rotatable bonds is 6. The number of hydrogen-bond donors (Lipinski definition) is 0. The van der Waals surface area contributed by atoms with Gasteiger partial charge in [0.15, 0.2) is 0 Å². The van der Waals surface area contributed by atoms with Crippen LogP contribution in [0.4, 0.5) is 5.69 Å². The molecule has 0 spiro atoms. The Hall–Kier alpha value is -3.58. The van der Waals surface area contributed by atoms with Crippen molar-refractivity contribution in [2.75, 3.05) is 24.7 Å². The Labute approximate surface area is 190 Å². The van der Waals surface area contributed by atoms with Gasteiger partial charge < -0.3 is 14.2 Å². The third-order valence-corrected chi connectivity index (χ3v) is 5.60. The molecule has 0 bridgehead atoms. The van der Waals surface area contributed by atoms with Crippen molar-refractivity contribution in [3.8, 4) is 0 Å². The number of hydrogen-bond acceptors (Lipinski definition) is 4. The first-order valence-corrected chi connectivity index (χ1v) is 10.5. The maximum absolute atomic E-state index is 13.2. The van der Waals surface area contributed by atoms with E-state index in [1.165, 1.54) is 21.0 Å². The average Bonchev–Trinajstić information content (AvgIpc) is 3.43. The number of halogens is 1. The molecule has 0 aliphatic carbocycles. The summed E-state index contributed by atoms with van der Waals surface area (Å²) in [5, 5.41) is 0.566. The second-order valence-electron chi connectivity index (χ2n) is 7.59. The van der Waals surface area contributed by atoms with Crippen LogP contribution < -0.4 is 4.90 Å². The molecule has 0 saturated carbocycles. The maximum Gasteiger partial charge on any atom is 0.255 e. The van der Waals surface area contributed by atoms with Crippen LogP contribution in [0, 0.1) is 6.92 Å². The van der Waals surface area contributed by atoms with Gasteiger partial charge in [-0.1, -0.05) is 29.8 Å². The zero-order valence-corrected chi connectivity index (χ0v) is 18.3. The summed E-state index contributed by atoms with van der Waals surface area (Å²) in [7, 11) is 0. The highest BCUT2D eigenvalue weighted by Gasteiger charge is 2.33. The molecule has 32 heavy (non-hydrogen) atoms. The molecule has 8 heteroatoms. The van der Waals surface area contributed by atoms with E-state index in [4.69, 9.17) is 16.0 Å². The number of carbonyl (C=O) groups is 3. The first-order valence-electron chi connectivity index (χ1n) is 10.1. The number of nitrogens with zero attached hydrogens (tertiary/aromatic N) is 3. The fraction of sp³-hybridized carbons (Fsp3) is 0.208. The summed E-state index contributed by atoms with van der Waals surface area (Å²) in [6, 6.07) is 17.6. The fourth-order valence-electron chi connectivity index (χ4n) is 3.60. The second-order valence-corrected chi connectivity index (χ2v) is 8.02. The minimum atomic E-state index is -0.316. The first-order chi connectivity index (χ1) is 15.4. The van der Waals surface area contributed by atoms with E-state index in [-0.39, 0.29) is 44.0 Å². The quantitative estimate of drug-likeness (QED) is 0.572. The van der Waals surface area contributed by atoms with Gasteiger partial charge in [-0.15, -0.1) is 0 Å². The SMILES string of the molecule is Cc1ccccc1C(=O)N(CC(=O)N1CC(=O)N(c2ccc(Cl)cc2)C1)Cc1ccco1. The molecule has 2 heterocycles. The molecule has 3 amide bonds. The third-order valence-electron chi connectivity index (χ3n) is 5.35. The van der Waals surface area contributed by atoms with Crippen molar-refractivity contribution in [2.24, 2.45) is 0 Å². The van der Waals surface area contributed by atoms with Crippen molar-refractivity contribution in [3.63, 3.8) is 0 Å². The van der Waals surface area contributed by atoms with Crippen LogP contribution >= 0.6 is 11.6 Å². The van der Waals surface area contributed by atoms with E-state index in [1.807, 2.05) is 19.1 Å². The molecular formula is C24H22ClN3O4. The molecule has 7 nitrogen and oxygen atoms in total. The van der Waals surface area contributed by atoms with Gasteiger partial charge >= 0.3 is 0 Å². The highest BCUT2D eigenvalue weighted by Crippen LogP contribution is 2.22. The standard InChI is InChI=1S/C24H22ClN3O4/c1-17-5-2-3-7-21(17)24(31)26(13-20-6-4-12-32-20)14-22(29)27-15-23(30)28(16-27)19-10-8-18(25)9-11-19/h2-12H,13-16H2,1H3. The summed E-state index contributed by atoms with van der Waals surface area (Å²) in [6.45, 7) is 1.90. The molecule has 2 aromatic carbocycles. The number of carbonyl (C=O) groups excluding carboxylic acids is 3. The van der Waals surface area contributed by atoms with Gasteiger partial charge in [0.1, 0.15) is 25.5 Å². The lowest BCUT2D eigenvalue weighted by Crippen LogP contribution is -2.42. The zero-order valence-electron chi connectivity index (χ0n) is 17.5. The van der Waals surface area contributed by atoms with Gasteiger partial charge in [-0.25, -0.2) is 0 Å². The number of amides is 3. The molecule has 1 aliphatic heterocycles. The van der Waals surface area contributed by atoms with Crippen molar-refractivity contribution >= 4 is 35.0 Å². The van der Waals surface area contributed by atoms with E-state index in [9.17, 15) is 14.4 Å². The second kappa shape index (κ2) is 9.28. The van der Waals surface area contributed by atoms with Crippen molar-refractivity contribution < 1.29 is 18.8 Å². The summed E-state index contributed by atoms with van der Waals surface area (Å²) < 4.78 is 5.40. The molecule has 4 rings (SSSR count). The summed E-state index contributed by atoms with van der Waals surface area (Å²) in [6.07, 6.45) is 1.52. The Morgan fingerprint density at radius 3 is 2.50 bits per heavy atom. The predicted molar refractivity (Wildman–Crippen MR) is 120 cm³/mol. The van der Waals surface area contributed by atoms with Crippen LogP contribution in [0.1, 0.15) is 21.7 Å². The average molecular weight is 452 g/mol. The van der Waals surface area contributed by atoms with Crippen LogP contribution in [0.15, 0.2) is 71.3 Å². The highest BCUT2D eigenvalue weighted by molar-refractivity contribution is 6.30. The normalized spacial score (nSPS) is 13.5. The smallest absolute Gasteiger partial charge is 0.255 e. The minimum absolute atomic E-state index is 0.0470. The van der Waals surface area contributed by atoms with Crippen LogP contribution in [-0.2, 0) is 16.1 Å². The Balaban J connectivity index is 1.51. The van der Waals surface area contributed by atoms with E-state index in [1.54, 1.807) is 48.5 Å². The minimum Gasteiger partial charge on any atom is -0.467 e. The summed E-state index contributed by atoms with van der Waals surface area (Å²) in [5.74, 6) is -0.209. The Bertz CT molecular complexity index is 1130. The van der Waals surface area contributed by atoms with Crippen LogP contribution in [0.25, 0.3) is 0 Å². The van der Waals surface area contributed by atoms with Crippen LogP contribution in [0.3, 0.4) is 0 Å². The van der Waals surface area contributed by atoms with E-state index in [0.29, 0.717) is 22.0 Å². The van der Waals surface area contributed by atoms with Crippen LogP contribution in [0.5, 0.6) is 0 Å². The molecule has 1 aliphatic rings. The molecule has 164 valence electrons. The van der Waals surface area contributed by atoms with E-state index >= 15 is 0 Å². The monoisotopic (exact) mass is 451 g/mol. The van der Waals surface area contributed by atoms with E-state index in [0.717, 1.165) is 5.56 Å². The van der Waals surface area contributed by atoms with Gasteiger partial charge in [-0.05, 0) is 55.0 Å². The van der Waals surface area contributed by atoms with Crippen LogP contribution in [-0.4, -0.2) is 47.3 Å². The zero-order chi connectivity index (χ0) is 22.7. The van der Waals surface area contributed by atoms with Crippen molar-refractivity contribution in [1.29, 1.82) is 0 Å². The molecule has 0 unspecified atom stereocenters. The largest absolute Gasteiger partial charge is 0.467 e. The van der Waals surface area contributed by atoms with Gasteiger partial charge in [0.2, 0.25) is 11.8 Å². The molecule has 1 saturated heterocycles. The number of anilines is 1. The third kappa shape index (κ3) is 4.68. The summed E-state index contributed by atoms with van der Waals surface area (Å²) >= 11 is 5.93. The molecule has 0 N–H and O–H groups in total. The van der Waals surface area contributed by atoms with Gasteiger partial charge in [0.25, 0.3) is 5.91 Å². The van der Waals surface area contributed by atoms with Crippen molar-refractivity contribution in [3.05, 3.63) is 88.8 Å². The molecule has 1 fully saturated rings. The Morgan fingerprint density at radius 1 is 1.06 bits per heavy atom. The molecule has 1 aromatic heterocycles. The molecule has 0 atom stereocenters. The van der Waals surface area contributed by atoms with Gasteiger partial charge in [-0.2, -0.15) is 0 Å². The van der Waals surface area contributed by atoms with Gasteiger partial charge in [0.05, 0.1) is 12.8 Å². The van der Waals surface area contributed by atoms with E-state index in [2.05, 4.69) is 0 Å². The Morgan fingerprint density at radius 2 is 1.81 bits per heavy atom. The lowest BCUT2D eigenvalue weighted by molar-refractivity contribution is -0.132. The Kier molecular flexibility index (Phi) is 6.28. The molecular weight excluding hydrogens is 430 g/mol. The maximum atomic E-state index is 13.2. The van der Waals surface area contributed by atoms with E-state index < -0.39 is 0 Å². The lowest BCUT2D eigenvalue weighted by atomic mass is 10.1. The summed E-state index contributed by atoms with van der Waals surface area (Å²) in [5.41, 5.74) is 2.00. The lowest BCUT2D eigenvalue weighted by Gasteiger charge is -2.25. The fourth-order valence-corrected chi connectivity index (χ4v) is 3.72. The van der Waals surface area contributed by atoms with Crippen LogP contribution in [0.2, 0.25) is 5.02 Å². The first kappa shape index (κ1) is 21.6. The van der Waals surface area contributed by atoms with Crippen molar-refractivity contribution in [1.82, 2.24) is 9.80 Å². The number of aryl methyl sites for hydroxylation is 1. The topological polar surface area (TPSA) is 74.1 Å².